The Morgan fingerprint density at radius 3 is 0.978 bits per heavy atom. The zero-order chi connectivity index (χ0) is 106. The van der Waals surface area contributed by atoms with Gasteiger partial charge in [0.25, 0.3) is 0 Å². The number of aromatic nitrogens is 1. The smallest absolute Gasteiger partial charge is 0.130 e. The van der Waals surface area contributed by atoms with Crippen molar-refractivity contribution in [1.82, 2.24) is 68.8 Å². The molecule has 0 bridgehead atoms. The van der Waals surface area contributed by atoms with Crippen LogP contribution >= 0.6 is 58.0 Å². The number of halogens is 9. The third-order valence-electron chi connectivity index (χ3n) is 20.8. The average Bonchev–Trinajstić information content (AvgIpc) is 1.79. The quantitative estimate of drug-likeness (QED) is 0.0135. The molecule has 1 aromatic heterocycles. The van der Waals surface area contributed by atoms with Gasteiger partial charge in [0.15, 0.2) is 0 Å². The van der Waals surface area contributed by atoms with E-state index in [1.54, 1.807) is 19.1 Å². The number of nitrogens with zero attached hydrogens (tertiary/aromatic N) is 1. The van der Waals surface area contributed by atoms with E-state index < -0.39 is 11.6 Å². The molecule has 0 amide bonds. The number of nitrogens with one attached hydrogen (secondary N) is 12. The summed E-state index contributed by atoms with van der Waals surface area (Å²) in [6.07, 6.45) is 9.58. The Morgan fingerprint density at radius 1 is 0.312 bits per heavy atom. The predicted octanol–water partition coefficient (Wildman–Crippen LogP) is 32.0. The average molecular weight is 2020 g/mol. The summed E-state index contributed by atoms with van der Waals surface area (Å²) in [6.45, 7) is 86.4. The maximum Gasteiger partial charge on any atom is 0.130 e. The van der Waals surface area contributed by atoms with Crippen LogP contribution in [0.15, 0.2) is 189 Å². The molecule has 1 aliphatic carbocycles. The SMILES string of the molecule is C=C[C@H](C)NC(C)C.CC(C)NC1CC1.CC(C)N[C@@H](C)C(C)C.CC(C)N[C@@H](C)c1ccc(Cl)c(Cl)c1.CC(C)N[C@@H](C)c1ccc(Cl)cc1.CC(C)N[C@@H](C)c1ccc(Cl)cc1Cl.CC(C)N[C@@H](C)c1ccc(F)cc1.CC(C)N[C@@H](C)c1ccc(F)cc1F.CC(C)N[C@@H](C)c1ccccc1.CC(C)N[C@@H](C)c1ccncc1.CC[C@H](C)NC(C)C.Cc1ccc([C@H](C)NC(C)C)cc1F. The van der Waals surface area contributed by atoms with Gasteiger partial charge in [0, 0.05) is 184 Å². The first-order valence-corrected chi connectivity index (χ1v) is 52.5. The van der Waals surface area contributed by atoms with Crippen molar-refractivity contribution in [2.75, 3.05) is 0 Å². The highest BCUT2D eigenvalue weighted by atomic mass is 35.5. The van der Waals surface area contributed by atoms with Crippen molar-refractivity contribution >= 4 is 58.0 Å². The van der Waals surface area contributed by atoms with Gasteiger partial charge in [-0.05, 0) is 226 Å². The molecule has 0 saturated heterocycles. The molecule has 1 heterocycles. The number of rotatable bonds is 35. The summed E-state index contributed by atoms with van der Waals surface area (Å²) in [5.41, 5.74) is 9.49. The lowest BCUT2D eigenvalue weighted by atomic mass is 10.1. The van der Waals surface area contributed by atoms with Crippen molar-refractivity contribution in [2.45, 2.75) is 434 Å². The molecular weight excluding hydrogens is 1830 g/mol. The van der Waals surface area contributed by atoms with E-state index in [0.29, 0.717) is 135 Å². The molecule has 12 N–H and O–H groups in total. The first-order valence-electron chi connectivity index (χ1n) is 50.6. The molecule has 784 valence electrons. The first-order chi connectivity index (χ1) is 64.2. The normalized spacial score (nSPS) is 13.9. The van der Waals surface area contributed by atoms with Gasteiger partial charge in [-0.2, -0.15) is 0 Å². The van der Waals surface area contributed by atoms with E-state index in [-0.39, 0.29) is 41.8 Å². The van der Waals surface area contributed by atoms with Crippen molar-refractivity contribution in [1.29, 1.82) is 0 Å². The molecule has 0 unspecified atom stereocenters. The monoisotopic (exact) mass is 2020 g/mol. The fourth-order valence-electron chi connectivity index (χ4n) is 13.7. The lowest BCUT2D eigenvalue weighted by Crippen LogP contribution is -2.35. The van der Waals surface area contributed by atoms with Crippen molar-refractivity contribution in [3.63, 3.8) is 0 Å². The number of hydrogen-bond donors (Lipinski definition) is 12. The lowest BCUT2D eigenvalue weighted by Gasteiger charge is -2.19. The minimum absolute atomic E-state index is 0.101. The highest BCUT2D eigenvalue weighted by molar-refractivity contribution is 6.42. The minimum Gasteiger partial charge on any atom is -0.312 e. The van der Waals surface area contributed by atoms with Crippen LogP contribution in [0.25, 0.3) is 0 Å². The number of hydrogen-bond acceptors (Lipinski definition) is 13. The summed E-state index contributed by atoms with van der Waals surface area (Å²) in [4.78, 5) is 3.98. The Balaban J connectivity index is -0.00000145. The van der Waals surface area contributed by atoms with E-state index >= 15 is 0 Å². The van der Waals surface area contributed by atoms with Crippen LogP contribution in [-0.2, 0) is 0 Å². The van der Waals surface area contributed by atoms with E-state index in [4.69, 9.17) is 58.0 Å². The first kappa shape index (κ1) is 136. The molecule has 11 atom stereocenters. The van der Waals surface area contributed by atoms with Gasteiger partial charge in [-0.1, -0.05) is 336 Å². The second kappa shape index (κ2) is 77.6. The predicted molar refractivity (Wildman–Crippen MR) is 602 cm³/mol. The van der Waals surface area contributed by atoms with Gasteiger partial charge in [0.05, 0.1) is 10.0 Å². The molecule has 0 aliphatic heterocycles. The van der Waals surface area contributed by atoms with Crippen molar-refractivity contribution in [3.05, 3.63) is 287 Å². The molecule has 1 saturated carbocycles. The van der Waals surface area contributed by atoms with Gasteiger partial charge in [-0.3, -0.25) is 4.98 Å². The van der Waals surface area contributed by atoms with Crippen LogP contribution in [0.1, 0.15) is 381 Å². The van der Waals surface area contributed by atoms with E-state index in [0.717, 1.165) is 50.3 Å². The third kappa shape index (κ3) is 72.4. The van der Waals surface area contributed by atoms with E-state index in [1.165, 1.54) is 60.2 Å². The van der Waals surface area contributed by atoms with E-state index in [9.17, 15) is 17.6 Å². The Hall–Kier alpha value is -5.88. The van der Waals surface area contributed by atoms with Gasteiger partial charge < -0.3 is 63.8 Å². The van der Waals surface area contributed by atoms with Crippen molar-refractivity contribution in [2.24, 2.45) is 5.92 Å². The van der Waals surface area contributed by atoms with Crippen LogP contribution in [-0.4, -0.2) is 102 Å². The van der Waals surface area contributed by atoms with Gasteiger partial charge in [0.1, 0.15) is 23.3 Å². The van der Waals surface area contributed by atoms with Gasteiger partial charge in [-0.15, -0.1) is 6.58 Å². The van der Waals surface area contributed by atoms with Crippen LogP contribution in [0.4, 0.5) is 17.6 Å². The van der Waals surface area contributed by atoms with Crippen LogP contribution in [0.3, 0.4) is 0 Å². The molecule has 9 rings (SSSR count). The number of pyridine rings is 1. The van der Waals surface area contributed by atoms with E-state index in [1.807, 2.05) is 131 Å². The maximum absolute atomic E-state index is 13.3. The van der Waals surface area contributed by atoms with Crippen LogP contribution in [0.5, 0.6) is 0 Å². The highest BCUT2D eigenvalue weighted by Gasteiger charge is 2.21. The number of benzene rings is 7. The maximum atomic E-state index is 13.3. The molecule has 0 radical (unpaired) electrons. The molecule has 1 aliphatic rings. The summed E-state index contributed by atoms with van der Waals surface area (Å²) in [5.74, 6) is -0.596. The molecule has 1 fully saturated rings. The minimum atomic E-state index is -0.539. The Kier molecular flexibility index (Phi) is 76.6. The molecule has 0 spiro atoms. The summed E-state index contributed by atoms with van der Waals surface area (Å²) in [5, 5.41) is 43.9. The number of aryl methyl sites for hydroxylation is 1. The van der Waals surface area contributed by atoms with E-state index in [2.05, 4.69) is 347 Å². The fourth-order valence-corrected chi connectivity index (χ4v) is 14.7. The zero-order valence-electron chi connectivity index (χ0n) is 92.4. The van der Waals surface area contributed by atoms with Crippen LogP contribution < -0.4 is 63.8 Å². The third-order valence-corrected chi connectivity index (χ3v) is 22.4. The zero-order valence-corrected chi connectivity index (χ0v) is 96.2. The summed E-state index contributed by atoms with van der Waals surface area (Å²) in [7, 11) is 0. The van der Waals surface area contributed by atoms with Crippen LogP contribution in [0, 0.1) is 36.1 Å². The van der Waals surface area contributed by atoms with Crippen molar-refractivity contribution in [3.8, 4) is 0 Å². The highest BCUT2D eigenvalue weighted by Crippen LogP contribution is 2.29. The molecule has 13 nitrogen and oxygen atoms in total. The standard InChI is InChI=1S/C12H18FN.2C11H15Cl2N.C11H16ClN.C11H15F2N.C11H16FN.C11H17N.C10H16N2.C8H19N.C7H17N.C7H15N.C6H13N/c1-8(2)14-10(4)11-6-5-9(3)12(13)7-11;1-7(2)14-8(3)10-5-4-9(12)6-11(10)13;1-7(2)14-8(3)9-4-5-10(12)11(13)6-9;1-8(2)13-9(3)10-4-6-11(12)7-5-10;1-7(2)14-8(3)10-5-4-9(12)6-11(10)13;1-8(2)13-9(3)10-4-6-11(12)7-5-10;1-9(2)12-10(3)11-7-5-4-6-8-11;1-8(2)12-9(3)10-4-6-11-7-5-10;1-6(2)8(5)9-7(3)4;2*1-5-7(4)8-6(2)3;1-5(2)7-6-3-4-6/h5-8,10,14H,1-4H3;2*4-8,14H,1-3H3;4-9,13H,1-3H3;4-8,14H,1-3H3;4-9,13H,1-3H3;4-10,12H,1-3H3;4-9,12H,1-3H3;6-9H,1-5H3;6-8H,5H2,1-4H3;5-8H,1H2,2-4H3;5-7H,3-4H2,1-2H3/t10-;2*8-;9-;8-;9-;10-;9-;8-;2*7-;/m00000000000./s1. The molecule has 138 heavy (non-hydrogen) atoms. The Bertz CT molecular complexity index is 4070. The van der Waals surface area contributed by atoms with Gasteiger partial charge in [0.2, 0.25) is 0 Å². The molecule has 8 aromatic rings. The Morgan fingerprint density at radius 2 is 0.652 bits per heavy atom. The molecule has 7 aromatic carbocycles. The molecular formula is C116H192Cl5F4N13. The van der Waals surface area contributed by atoms with Gasteiger partial charge >= 0.3 is 0 Å². The van der Waals surface area contributed by atoms with Gasteiger partial charge in [-0.25, -0.2) is 17.6 Å². The van der Waals surface area contributed by atoms with Crippen LogP contribution in [0.2, 0.25) is 25.1 Å². The summed E-state index contributed by atoms with van der Waals surface area (Å²) < 4.78 is 51.7. The Labute approximate surface area is 865 Å². The summed E-state index contributed by atoms with van der Waals surface area (Å²) in [6, 6.07) is 60.5. The summed E-state index contributed by atoms with van der Waals surface area (Å²) >= 11 is 29.5. The second-order valence-corrected chi connectivity index (χ2v) is 42.2. The van der Waals surface area contributed by atoms with Crippen molar-refractivity contribution < 1.29 is 17.6 Å². The second-order valence-electron chi connectivity index (χ2n) is 40.1. The molecule has 22 heteroatoms. The lowest BCUT2D eigenvalue weighted by molar-refractivity contribution is 0.396. The topological polar surface area (TPSA) is 157 Å². The fraction of sp³-hybridized carbons (Fsp3) is 0.578. The largest absolute Gasteiger partial charge is 0.312 e.